The number of carbonyl (C=O) groups excluding carboxylic acids is 1. The van der Waals surface area contributed by atoms with Crippen molar-refractivity contribution < 1.29 is 31.5 Å². The minimum absolute atomic E-state index is 0.0322. The summed E-state index contributed by atoms with van der Waals surface area (Å²) in [4.78, 5) is 19.8. The average Bonchev–Trinajstić information content (AvgIpc) is 3.38. The van der Waals surface area contributed by atoms with E-state index in [9.17, 15) is 22.4 Å². The van der Waals surface area contributed by atoms with Crippen LogP contribution in [0.15, 0.2) is 4.42 Å². The largest absolute Gasteiger partial charge is 0.463 e. The molecule has 8 nitrogen and oxygen atoms in total. The highest BCUT2D eigenvalue weighted by atomic mass is 32.1. The van der Waals surface area contributed by atoms with Crippen LogP contribution in [0.4, 0.5) is 17.6 Å². The van der Waals surface area contributed by atoms with Crippen LogP contribution in [0.25, 0.3) is 0 Å². The summed E-state index contributed by atoms with van der Waals surface area (Å²) >= 11 is 1.17. The molecule has 4 rings (SSSR count). The molecule has 2 aromatic rings. The third-order valence-corrected chi connectivity index (χ3v) is 7.80. The first kappa shape index (κ1) is 26.8. The molecule has 200 valence electrons. The van der Waals surface area contributed by atoms with Crippen molar-refractivity contribution in [2.24, 2.45) is 5.92 Å². The molecule has 2 aromatic heterocycles. The minimum atomic E-state index is -4.18. The summed E-state index contributed by atoms with van der Waals surface area (Å²) in [6.07, 6.45) is 2.88. The number of carbonyl (C=O) groups is 1. The molecule has 3 heterocycles. The summed E-state index contributed by atoms with van der Waals surface area (Å²) in [5.74, 6) is -2.88. The number of aryl methyl sites for hydroxylation is 1. The number of thiazole rings is 1. The smallest absolute Gasteiger partial charge is 0.340 e. The number of hydrogen-bond donors (Lipinski definition) is 1. The average molecular weight is 534 g/mol. The number of aromatic nitrogens is 3. The van der Waals surface area contributed by atoms with Gasteiger partial charge in [0.15, 0.2) is 6.61 Å². The SMILES string of the molecule is Cc1nnc(CC(=O)NC2CCC(CCN3CCc4nc(OCC(F)(F)C(F)F)sc4CC3)CC2)o1. The summed E-state index contributed by atoms with van der Waals surface area (Å²) in [7, 11) is 0. The molecular weight excluding hydrogens is 502 g/mol. The number of alkyl halides is 4. The van der Waals surface area contributed by atoms with Crippen LogP contribution in [0.1, 0.15) is 54.5 Å². The highest BCUT2D eigenvalue weighted by Gasteiger charge is 2.42. The van der Waals surface area contributed by atoms with E-state index >= 15 is 0 Å². The number of halogens is 4. The maximum Gasteiger partial charge on any atom is 0.340 e. The summed E-state index contributed by atoms with van der Waals surface area (Å²) < 4.78 is 61.0. The Morgan fingerprint density at radius 2 is 1.97 bits per heavy atom. The number of rotatable bonds is 10. The standard InChI is InChI=1S/C23H31F4N5O3S/c1-14-30-31-20(35-14)12-19(33)28-16-4-2-15(3-5-16)6-9-32-10-7-17-18(8-11-32)36-22(29-17)34-13-23(26,27)21(24)25/h15-16,21H,2-13H2,1H3,(H,28,33). The van der Waals surface area contributed by atoms with E-state index < -0.39 is 19.0 Å². The zero-order valence-corrected chi connectivity index (χ0v) is 21.0. The van der Waals surface area contributed by atoms with Gasteiger partial charge in [-0.1, -0.05) is 11.3 Å². The number of amides is 1. The molecule has 2 aliphatic rings. The Morgan fingerprint density at radius 3 is 2.67 bits per heavy atom. The Hall–Kier alpha value is -2.28. The molecule has 0 saturated heterocycles. The minimum Gasteiger partial charge on any atom is -0.463 e. The van der Waals surface area contributed by atoms with E-state index in [0.29, 0.717) is 24.1 Å². The molecule has 0 radical (unpaired) electrons. The van der Waals surface area contributed by atoms with Crippen molar-refractivity contribution >= 4 is 17.2 Å². The van der Waals surface area contributed by atoms with Crippen molar-refractivity contribution in [3.63, 3.8) is 0 Å². The fraction of sp³-hybridized carbons (Fsp3) is 0.739. The van der Waals surface area contributed by atoms with Gasteiger partial charge >= 0.3 is 12.3 Å². The normalized spacial score (nSPS) is 21.3. The Bertz CT molecular complexity index is 984. The molecule has 1 aliphatic carbocycles. The van der Waals surface area contributed by atoms with E-state index in [1.807, 2.05) is 0 Å². The maximum atomic E-state index is 13.1. The van der Waals surface area contributed by atoms with Gasteiger partial charge in [-0.15, -0.1) is 10.2 Å². The van der Waals surface area contributed by atoms with Crippen LogP contribution >= 0.6 is 11.3 Å². The quantitative estimate of drug-likeness (QED) is 0.464. The molecule has 0 atom stereocenters. The van der Waals surface area contributed by atoms with Crippen LogP contribution in [-0.2, 0) is 24.1 Å². The molecule has 1 aliphatic heterocycles. The van der Waals surface area contributed by atoms with Gasteiger partial charge in [-0.05, 0) is 51.0 Å². The first-order valence-corrected chi connectivity index (χ1v) is 13.1. The lowest BCUT2D eigenvalue weighted by Gasteiger charge is -2.30. The molecule has 0 unspecified atom stereocenters. The molecule has 0 aromatic carbocycles. The van der Waals surface area contributed by atoms with Gasteiger partial charge in [-0.2, -0.15) is 8.78 Å². The highest BCUT2D eigenvalue weighted by Crippen LogP contribution is 2.31. The molecule has 1 saturated carbocycles. The first-order chi connectivity index (χ1) is 17.2. The zero-order valence-electron chi connectivity index (χ0n) is 20.2. The van der Waals surface area contributed by atoms with E-state index in [1.165, 1.54) is 11.3 Å². The van der Waals surface area contributed by atoms with Crippen molar-refractivity contribution in [2.75, 3.05) is 26.2 Å². The predicted octanol–water partition coefficient (Wildman–Crippen LogP) is 3.82. The van der Waals surface area contributed by atoms with E-state index in [4.69, 9.17) is 9.15 Å². The van der Waals surface area contributed by atoms with Crippen LogP contribution < -0.4 is 10.1 Å². The maximum absolute atomic E-state index is 13.1. The second-order valence-corrected chi connectivity index (χ2v) is 10.6. The molecule has 1 fully saturated rings. The van der Waals surface area contributed by atoms with Crippen molar-refractivity contribution in [3.8, 4) is 5.19 Å². The van der Waals surface area contributed by atoms with E-state index in [0.717, 1.165) is 68.7 Å². The number of nitrogens with zero attached hydrogens (tertiary/aromatic N) is 4. The topological polar surface area (TPSA) is 93.4 Å². The van der Waals surface area contributed by atoms with Crippen LogP contribution in [0.3, 0.4) is 0 Å². The number of ether oxygens (including phenoxy) is 1. The monoisotopic (exact) mass is 533 g/mol. The van der Waals surface area contributed by atoms with Gasteiger partial charge in [0.2, 0.25) is 17.7 Å². The molecule has 0 bridgehead atoms. The second-order valence-electron chi connectivity index (χ2n) is 9.51. The first-order valence-electron chi connectivity index (χ1n) is 12.3. The molecule has 13 heteroatoms. The second kappa shape index (κ2) is 11.8. The lowest BCUT2D eigenvalue weighted by atomic mass is 9.84. The Kier molecular flexibility index (Phi) is 8.81. The van der Waals surface area contributed by atoms with Crippen LogP contribution in [0.2, 0.25) is 0 Å². The van der Waals surface area contributed by atoms with Gasteiger partial charge in [-0.3, -0.25) is 4.79 Å². The third-order valence-electron chi connectivity index (χ3n) is 6.73. The van der Waals surface area contributed by atoms with E-state index in [1.54, 1.807) is 6.92 Å². The van der Waals surface area contributed by atoms with Crippen molar-refractivity contribution in [3.05, 3.63) is 22.4 Å². The van der Waals surface area contributed by atoms with Gasteiger partial charge in [0.05, 0.1) is 5.69 Å². The highest BCUT2D eigenvalue weighted by molar-refractivity contribution is 7.13. The fourth-order valence-corrected chi connectivity index (χ4v) is 5.62. The summed E-state index contributed by atoms with van der Waals surface area (Å²) in [5, 5.41) is 10.7. The van der Waals surface area contributed by atoms with E-state index in [-0.39, 0.29) is 23.6 Å². The van der Waals surface area contributed by atoms with Gasteiger partial charge in [0.25, 0.3) is 5.19 Å². The Morgan fingerprint density at radius 1 is 1.22 bits per heavy atom. The number of fused-ring (bicyclic) bond motifs is 1. The van der Waals surface area contributed by atoms with Crippen LogP contribution in [0.5, 0.6) is 5.19 Å². The molecular formula is C23H31F4N5O3S. The van der Waals surface area contributed by atoms with E-state index in [2.05, 4.69) is 25.4 Å². The lowest BCUT2D eigenvalue weighted by Crippen LogP contribution is -2.39. The zero-order chi connectivity index (χ0) is 25.7. The summed E-state index contributed by atoms with van der Waals surface area (Å²) in [6.45, 7) is 2.94. The number of nitrogens with one attached hydrogen (secondary N) is 1. The predicted molar refractivity (Wildman–Crippen MR) is 124 cm³/mol. The third kappa shape index (κ3) is 7.37. The molecule has 1 amide bonds. The van der Waals surface area contributed by atoms with Gasteiger partial charge < -0.3 is 19.4 Å². The molecule has 36 heavy (non-hydrogen) atoms. The van der Waals surface area contributed by atoms with Crippen LogP contribution in [-0.4, -0.2) is 70.6 Å². The number of hydrogen-bond acceptors (Lipinski definition) is 8. The van der Waals surface area contributed by atoms with Crippen LogP contribution in [0, 0.1) is 12.8 Å². The van der Waals surface area contributed by atoms with Gasteiger partial charge in [0.1, 0.15) is 6.42 Å². The fourth-order valence-electron chi connectivity index (χ4n) is 4.68. The summed E-state index contributed by atoms with van der Waals surface area (Å²) in [6, 6.07) is 0.176. The van der Waals surface area contributed by atoms with Gasteiger partial charge in [-0.25, -0.2) is 13.8 Å². The van der Waals surface area contributed by atoms with Gasteiger partial charge in [0, 0.05) is 37.4 Å². The lowest BCUT2D eigenvalue weighted by molar-refractivity contribution is -0.148. The summed E-state index contributed by atoms with van der Waals surface area (Å²) in [5.41, 5.74) is 0.810. The Labute approximate surface area is 210 Å². The Balaban J connectivity index is 1.13. The van der Waals surface area contributed by atoms with Crippen molar-refractivity contribution in [1.82, 2.24) is 25.4 Å². The van der Waals surface area contributed by atoms with Crippen molar-refractivity contribution in [2.45, 2.75) is 76.7 Å². The van der Waals surface area contributed by atoms with Crippen molar-refractivity contribution in [1.29, 1.82) is 0 Å². The molecule has 0 spiro atoms. The molecule has 1 N–H and O–H groups in total.